The topological polar surface area (TPSA) is 92.3 Å². The number of carbonyl (C=O) groups excluding carboxylic acids is 1. The van der Waals surface area contributed by atoms with E-state index in [1.165, 1.54) is 15.9 Å². The first-order chi connectivity index (χ1) is 16.3. The van der Waals surface area contributed by atoms with E-state index in [2.05, 4.69) is 4.99 Å². The molecule has 0 radical (unpaired) electrons. The van der Waals surface area contributed by atoms with Crippen LogP contribution >= 0.6 is 11.3 Å². The van der Waals surface area contributed by atoms with Gasteiger partial charge in [0.15, 0.2) is 16.3 Å². The van der Waals surface area contributed by atoms with Gasteiger partial charge in [-0.1, -0.05) is 17.4 Å². The standard InChI is InChI=1S/C25H26N2O6S/c1-6-31-24(29)21-15(4)26-25-27(23(28)20(34-25)13-17-8-7-11-32-17)22(21)16-9-10-18(33-14(2)3)19(12-16)30-5/h7-14,22H,6H2,1-5H3/b20-13-/t22-/m1/s1. The zero-order valence-corrected chi connectivity index (χ0v) is 20.5. The molecule has 0 saturated heterocycles. The molecule has 0 unspecified atom stereocenters. The van der Waals surface area contributed by atoms with Crippen LogP contribution in [0.25, 0.3) is 6.08 Å². The fourth-order valence-electron chi connectivity index (χ4n) is 3.82. The highest BCUT2D eigenvalue weighted by Gasteiger charge is 2.34. The van der Waals surface area contributed by atoms with Crippen LogP contribution in [0.1, 0.15) is 45.1 Å². The summed E-state index contributed by atoms with van der Waals surface area (Å²) in [6.07, 6.45) is 3.17. The summed E-state index contributed by atoms with van der Waals surface area (Å²) in [6, 6.07) is 8.17. The highest BCUT2D eigenvalue weighted by atomic mass is 32.1. The zero-order valence-electron chi connectivity index (χ0n) is 19.7. The van der Waals surface area contributed by atoms with Crippen molar-refractivity contribution in [1.82, 2.24) is 4.57 Å². The summed E-state index contributed by atoms with van der Waals surface area (Å²) in [5, 5.41) is 0. The average Bonchev–Trinajstić information content (AvgIpc) is 3.41. The molecule has 3 aromatic rings. The molecule has 3 heterocycles. The molecule has 0 fully saturated rings. The molecule has 34 heavy (non-hydrogen) atoms. The number of ether oxygens (including phenoxy) is 3. The van der Waals surface area contributed by atoms with Gasteiger partial charge in [0.1, 0.15) is 5.76 Å². The molecule has 1 aliphatic rings. The van der Waals surface area contributed by atoms with Gasteiger partial charge < -0.3 is 18.6 Å². The van der Waals surface area contributed by atoms with Crippen LogP contribution in [0.2, 0.25) is 0 Å². The third kappa shape index (κ3) is 4.43. The van der Waals surface area contributed by atoms with Gasteiger partial charge in [-0.25, -0.2) is 9.79 Å². The lowest BCUT2D eigenvalue weighted by molar-refractivity contribution is -0.139. The quantitative estimate of drug-likeness (QED) is 0.481. The van der Waals surface area contributed by atoms with Crippen LogP contribution in [-0.2, 0) is 9.53 Å². The lowest BCUT2D eigenvalue weighted by atomic mass is 9.95. The molecule has 0 aliphatic carbocycles. The predicted molar refractivity (Wildman–Crippen MR) is 128 cm³/mol. The van der Waals surface area contributed by atoms with Crippen molar-refractivity contribution in [1.29, 1.82) is 0 Å². The first-order valence-corrected chi connectivity index (χ1v) is 11.7. The second-order valence-corrected chi connectivity index (χ2v) is 8.90. The van der Waals surface area contributed by atoms with E-state index in [1.807, 2.05) is 19.9 Å². The normalized spacial score (nSPS) is 15.8. The molecule has 1 aromatic carbocycles. The molecule has 1 aliphatic heterocycles. The fourth-order valence-corrected chi connectivity index (χ4v) is 4.84. The van der Waals surface area contributed by atoms with Gasteiger partial charge in [0.05, 0.1) is 47.9 Å². The zero-order chi connectivity index (χ0) is 24.4. The number of hydrogen-bond acceptors (Lipinski definition) is 8. The highest BCUT2D eigenvalue weighted by Crippen LogP contribution is 2.36. The third-order valence-electron chi connectivity index (χ3n) is 5.20. The van der Waals surface area contributed by atoms with E-state index in [-0.39, 0.29) is 18.3 Å². The number of esters is 1. The van der Waals surface area contributed by atoms with Crippen molar-refractivity contribution in [2.45, 2.75) is 39.8 Å². The number of rotatable bonds is 7. The van der Waals surface area contributed by atoms with Crippen molar-refractivity contribution >= 4 is 23.4 Å². The van der Waals surface area contributed by atoms with Crippen molar-refractivity contribution in [2.24, 2.45) is 4.99 Å². The smallest absolute Gasteiger partial charge is 0.338 e. The maximum Gasteiger partial charge on any atom is 0.338 e. The van der Waals surface area contributed by atoms with Crippen LogP contribution in [0.4, 0.5) is 0 Å². The van der Waals surface area contributed by atoms with E-state index in [0.29, 0.717) is 43.4 Å². The average molecular weight is 483 g/mol. The minimum atomic E-state index is -0.740. The third-order valence-corrected chi connectivity index (χ3v) is 6.18. The predicted octanol–water partition coefficient (Wildman–Crippen LogP) is 3.19. The molecule has 0 N–H and O–H groups in total. The van der Waals surface area contributed by atoms with Gasteiger partial charge in [0.25, 0.3) is 5.56 Å². The Morgan fingerprint density at radius 3 is 2.74 bits per heavy atom. The highest BCUT2D eigenvalue weighted by molar-refractivity contribution is 7.07. The number of thiazole rings is 1. The van der Waals surface area contributed by atoms with Crippen molar-refractivity contribution in [3.05, 3.63) is 78.9 Å². The molecule has 1 atom stereocenters. The molecule has 0 bridgehead atoms. The van der Waals surface area contributed by atoms with E-state index < -0.39 is 12.0 Å². The summed E-state index contributed by atoms with van der Waals surface area (Å²) < 4.78 is 24.1. The summed E-state index contributed by atoms with van der Waals surface area (Å²) in [6.45, 7) is 7.54. The molecule has 0 amide bonds. The number of hydrogen-bond donors (Lipinski definition) is 0. The number of methoxy groups -OCH3 is 1. The Morgan fingerprint density at radius 1 is 1.29 bits per heavy atom. The number of carbonyl (C=O) groups is 1. The number of nitrogens with zero attached hydrogens (tertiary/aromatic N) is 2. The second kappa shape index (κ2) is 9.72. The number of aromatic nitrogens is 1. The fraction of sp³-hybridized carbons (Fsp3) is 0.320. The van der Waals surface area contributed by atoms with E-state index in [4.69, 9.17) is 18.6 Å². The minimum Gasteiger partial charge on any atom is -0.493 e. The molecule has 2 aromatic heterocycles. The Kier molecular flexibility index (Phi) is 6.74. The molecular weight excluding hydrogens is 456 g/mol. The van der Waals surface area contributed by atoms with Crippen LogP contribution in [0, 0.1) is 0 Å². The van der Waals surface area contributed by atoms with Crippen LogP contribution < -0.4 is 24.4 Å². The van der Waals surface area contributed by atoms with Gasteiger partial charge in [-0.2, -0.15) is 0 Å². The van der Waals surface area contributed by atoms with E-state index in [1.54, 1.807) is 57.6 Å². The van der Waals surface area contributed by atoms with E-state index >= 15 is 0 Å². The van der Waals surface area contributed by atoms with Crippen molar-refractivity contribution in [3.63, 3.8) is 0 Å². The van der Waals surface area contributed by atoms with E-state index in [0.717, 1.165) is 0 Å². The number of benzene rings is 1. The van der Waals surface area contributed by atoms with Gasteiger partial charge in [0, 0.05) is 6.08 Å². The Morgan fingerprint density at radius 2 is 2.09 bits per heavy atom. The monoisotopic (exact) mass is 482 g/mol. The second-order valence-electron chi connectivity index (χ2n) is 7.89. The summed E-state index contributed by atoms with van der Waals surface area (Å²) in [5.41, 5.74) is 1.20. The van der Waals surface area contributed by atoms with Gasteiger partial charge in [-0.05, 0) is 57.5 Å². The van der Waals surface area contributed by atoms with Crippen LogP contribution in [0.3, 0.4) is 0 Å². The first-order valence-electron chi connectivity index (χ1n) is 10.9. The molecule has 8 nitrogen and oxygen atoms in total. The van der Waals surface area contributed by atoms with Crippen LogP contribution in [-0.4, -0.2) is 30.4 Å². The lowest BCUT2D eigenvalue weighted by Crippen LogP contribution is -2.39. The number of allylic oxidation sites excluding steroid dienone is 1. The van der Waals surface area contributed by atoms with Crippen molar-refractivity contribution in [2.75, 3.05) is 13.7 Å². The number of fused-ring (bicyclic) bond motifs is 1. The molecule has 0 spiro atoms. The summed E-state index contributed by atoms with van der Waals surface area (Å²) >= 11 is 1.24. The Balaban J connectivity index is 1.94. The largest absolute Gasteiger partial charge is 0.493 e. The van der Waals surface area contributed by atoms with Crippen LogP contribution in [0.5, 0.6) is 11.5 Å². The van der Waals surface area contributed by atoms with Gasteiger partial charge in [-0.15, -0.1) is 0 Å². The van der Waals surface area contributed by atoms with Crippen molar-refractivity contribution in [3.8, 4) is 11.5 Å². The summed E-state index contributed by atoms with van der Waals surface area (Å²) in [7, 11) is 1.55. The maximum absolute atomic E-state index is 13.5. The minimum absolute atomic E-state index is 0.0451. The first kappa shape index (κ1) is 23.6. The Bertz CT molecular complexity index is 1410. The number of furan rings is 1. The lowest BCUT2D eigenvalue weighted by Gasteiger charge is -2.25. The Hall–Kier alpha value is -3.59. The maximum atomic E-state index is 13.5. The van der Waals surface area contributed by atoms with Crippen LogP contribution in [0.15, 0.2) is 62.1 Å². The summed E-state index contributed by atoms with van der Waals surface area (Å²) in [4.78, 5) is 31.6. The molecule has 178 valence electrons. The van der Waals surface area contributed by atoms with Gasteiger partial charge in [-0.3, -0.25) is 9.36 Å². The summed E-state index contributed by atoms with van der Waals surface area (Å²) in [5.74, 6) is 1.11. The molecule has 4 rings (SSSR count). The molecule has 0 saturated carbocycles. The van der Waals surface area contributed by atoms with Gasteiger partial charge >= 0.3 is 5.97 Å². The molecular formula is C25H26N2O6S. The van der Waals surface area contributed by atoms with E-state index in [9.17, 15) is 9.59 Å². The van der Waals surface area contributed by atoms with Crippen molar-refractivity contribution < 1.29 is 23.4 Å². The molecule has 9 heteroatoms. The SMILES string of the molecule is CCOC(=O)C1=C(C)N=c2s/c(=C\c3ccco3)c(=O)n2[C@@H]1c1ccc(OC(C)C)c(OC)c1. The van der Waals surface area contributed by atoms with Gasteiger partial charge in [0.2, 0.25) is 0 Å². The Labute approximate surface area is 200 Å².